The van der Waals surface area contributed by atoms with Crippen molar-refractivity contribution in [1.29, 1.82) is 0 Å². The van der Waals surface area contributed by atoms with Gasteiger partial charge in [0.05, 0.1) is 6.42 Å². The Morgan fingerprint density at radius 2 is 1.60 bits per heavy atom. The van der Waals surface area contributed by atoms with Crippen molar-refractivity contribution in [2.45, 2.75) is 72.5 Å². The summed E-state index contributed by atoms with van der Waals surface area (Å²) in [5.74, 6) is -0.593. The van der Waals surface area contributed by atoms with E-state index in [1.165, 1.54) is 17.7 Å². The summed E-state index contributed by atoms with van der Waals surface area (Å²) in [5.41, 5.74) is 4.02. The standard InChI is InChI=1S/C25H33FN2O2/c1-6-19(5)27-25(30)23(7-2)28(16-20-10-12-22(26)13-11-20)24(29)15-21-9-8-17(3)18(4)14-21/h8-14,19,23H,6-7,15-16H2,1-5H3,(H,27,30). The lowest BCUT2D eigenvalue weighted by molar-refractivity contribution is -0.141. The van der Waals surface area contributed by atoms with E-state index in [0.29, 0.717) is 6.42 Å². The van der Waals surface area contributed by atoms with Crippen molar-refractivity contribution in [3.8, 4) is 0 Å². The quantitative estimate of drug-likeness (QED) is 0.649. The van der Waals surface area contributed by atoms with Gasteiger partial charge in [0.2, 0.25) is 11.8 Å². The minimum Gasteiger partial charge on any atom is -0.352 e. The van der Waals surface area contributed by atoms with Crippen LogP contribution < -0.4 is 5.32 Å². The van der Waals surface area contributed by atoms with E-state index in [2.05, 4.69) is 5.32 Å². The topological polar surface area (TPSA) is 49.4 Å². The first-order valence-electron chi connectivity index (χ1n) is 10.7. The molecule has 0 heterocycles. The molecule has 0 aromatic heterocycles. The number of rotatable bonds is 9. The Balaban J connectivity index is 2.30. The van der Waals surface area contributed by atoms with Crippen LogP contribution in [0.15, 0.2) is 42.5 Å². The minimum atomic E-state index is -0.580. The summed E-state index contributed by atoms with van der Waals surface area (Å²) in [6.45, 7) is 10.2. The van der Waals surface area contributed by atoms with Crippen molar-refractivity contribution in [1.82, 2.24) is 10.2 Å². The summed E-state index contributed by atoms with van der Waals surface area (Å²) in [6, 6.07) is 11.5. The molecule has 162 valence electrons. The molecule has 30 heavy (non-hydrogen) atoms. The zero-order valence-electron chi connectivity index (χ0n) is 18.7. The van der Waals surface area contributed by atoms with Crippen LogP contribution in [0.25, 0.3) is 0 Å². The maximum atomic E-state index is 13.3. The van der Waals surface area contributed by atoms with E-state index >= 15 is 0 Å². The van der Waals surface area contributed by atoms with Crippen LogP contribution in [0.2, 0.25) is 0 Å². The molecule has 2 atom stereocenters. The molecule has 0 saturated heterocycles. The summed E-state index contributed by atoms with van der Waals surface area (Å²) in [6.07, 6.45) is 1.54. The number of nitrogens with one attached hydrogen (secondary N) is 1. The van der Waals surface area contributed by atoms with Crippen molar-refractivity contribution >= 4 is 11.8 Å². The highest BCUT2D eigenvalue weighted by molar-refractivity contribution is 5.88. The SMILES string of the molecule is CCC(C)NC(=O)C(CC)N(Cc1ccc(F)cc1)C(=O)Cc1ccc(C)c(C)c1. The lowest BCUT2D eigenvalue weighted by Crippen LogP contribution is -2.51. The van der Waals surface area contributed by atoms with Crippen molar-refractivity contribution in [3.63, 3.8) is 0 Å². The van der Waals surface area contributed by atoms with Crippen LogP contribution in [0.5, 0.6) is 0 Å². The molecule has 0 radical (unpaired) electrons. The molecule has 0 bridgehead atoms. The molecule has 0 fully saturated rings. The van der Waals surface area contributed by atoms with Crippen molar-refractivity contribution < 1.29 is 14.0 Å². The minimum absolute atomic E-state index is 0.0362. The normalized spacial score (nSPS) is 12.9. The summed E-state index contributed by atoms with van der Waals surface area (Å²) in [5, 5.41) is 3.00. The van der Waals surface area contributed by atoms with E-state index in [1.54, 1.807) is 17.0 Å². The largest absolute Gasteiger partial charge is 0.352 e. The van der Waals surface area contributed by atoms with Crippen molar-refractivity contribution in [2.24, 2.45) is 0 Å². The van der Waals surface area contributed by atoms with Gasteiger partial charge < -0.3 is 10.2 Å². The van der Waals surface area contributed by atoms with E-state index in [4.69, 9.17) is 0 Å². The zero-order valence-corrected chi connectivity index (χ0v) is 18.7. The van der Waals surface area contributed by atoms with Crippen LogP contribution in [-0.4, -0.2) is 28.8 Å². The average molecular weight is 413 g/mol. The van der Waals surface area contributed by atoms with Gasteiger partial charge >= 0.3 is 0 Å². The van der Waals surface area contributed by atoms with Gasteiger partial charge in [0, 0.05) is 12.6 Å². The number of nitrogens with zero attached hydrogens (tertiary/aromatic N) is 1. The molecule has 2 amide bonds. The Labute approximate surface area is 179 Å². The fraction of sp³-hybridized carbons (Fsp3) is 0.440. The molecule has 2 unspecified atom stereocenters. The molecule has 5 heteroatoms. The zero-order chi connectivity index (χ0) is 22.3. The van der Waals surface area contributed by atoms with Gasteiger partial charge in [0.25, 0.3) is 0 Å². The highest BCUT2D eigenvalue weighted by atomic mass is 19.1. The van der Waals surface area contributed by atoms with Gasteiger partial charge in [0.1, 0.15) is 11.9 Å². The van der Waals surface area contributed by atoms with Gasteiger partial charge in [-0.2, -0.15) is 0 Å². The Bertz CT molecular complexity index is 864. The second-order valence-corrected chi connectivity index (χ2v) is 7.99. The first-order chi connectivity index (χ1) is 14.2. The number of hydrogen-bond acceptors (Lipinski definition) is 2. The number of hydrogen-bond donors (Lipinski definition) is 1. The molecular formula is C25H33FN2O2. The molecule has 0 spiro atoms. The third-order valence-electron chi connectivity index (χ3n) is 5.58. The first kappa shape index (κ1) is 23.6. The molecule has 2 aromatic rings. The Morgan fingerprint density at radius 3 is 2.17 bits per heavy atom. The molecule has 2 aromatic carbocycles. The van der Waals surface area contributed by atoms with Gasteiger partial charge in [-0.15, -0.1) is 0 Å². The molecule has 4 nitrogen and oxygen atoms in total. The van der Waals surface area contributed by atoms with Crippen LogP contribution in [0.1, 0.15) is 55.9 Å². The Kier molecular flexibility index (Phi) is 8.58. The number of aryl methyl sites for hydroxylation is 2. The number of carbonyl (C=O) groups is 2. The fourth-order valence-electron chi connectivity index (χ4n) is 3.34. The molecule has 1 N–H and O–H groups in total. The van der Waals surface area contributed by atoms with E-state index in [9.17, 15) is 14.0 Å². The number of carbonyl (C=O) groups excluding carboxylic acids is 2. The molecule has 0 aliphatic carbocycles. The highest BCUT2D eigenvalue weighted by Crippen LogP contribution is 2.17. The molecule has 2 rings (SSSR count). The molecule has 0 aliphatic rings. The van der Waals surface area contributed by atoms with Gasteiger partial charge in [-0.25, -0.2) is 4.39 Å². The number of amides is 2. The monoisotopic (exact) mass is 412 g/mol. The van der Waals surface area contributed by atoms with Crippen LogP contribution in [0, 0.1) is 19.7 Å². The van der Waals surface area contributed by atoms with E-state index < -0.39 is 6.04 Å². The van der Waals surface area contributed by atoms with Gasteiger partial charge in [-0.1, -0.05) is 44.2 Å². The van der Waals surface area contributed by atoms with Crippen LogP contribution in [-0.2, 0) is 22.6 Å². The van der Waals surface area contributed by atoms with E-state index in [1.807, 2.05) is 52.8 Å². The Hall–Kier alpha value is -2.69. The second kappa shape index (κ2) is 10.9. The third kappa shape index (κ3) is 6.41. The van der Waals surface area contributed by atoms with E-state index in [-0.39, 0.29) is 36.6 Å². The molecule has 0 saturated carbocycles. The average Bonchev–Trinajstić information content (AvgIpc) is 2.71. The van der Waals surface area contributed by atoms with Gasteiger partial charge in [-0.3, -0.25) is 9.59 Å². The maximum Gasteiger partial charge on any atom is 0.243 e. The smallest absolute Gasteiger partial charge is 0.243 e. The van der Waals surface area contributed by atoms with Crippen molar-refractivity contribution in [3.05, 3.63) is 70.5 Å². The number of benzene rings is 2. The van der Waals surface area contributed by atoms with Gasteiger partial charge in [-0.05, 0) is 68.0 Å². The summed E-state index contributed by atoms with van der Waals surface area (Å²) < 4.78 is 13.3. The van der Waals surface area contributed by atoms with Crippen LogP contribution in [0.4, 0.5) is 4.39 Å². The molecular weight excluding hydrogens is 379 g/mol. The highest BCUT2D eigenvalue weighted by Gasteiger charge is 2.29. The fourth-order valence-corrected chi connectivity index (χ4v) is 3.34. The van der Waals surface area contributed by atoms with Crippen molar-refractivity contribution in [2.75, 3.05) is 0 Å². The van der Waals surface area contributed by atoms with Gasteiger partial charge in [0.15, 0.2) is 0 Å². The maximum absolute atomic E-state index is 13.3. The summed E-state index contributed by atoms with van der Waals surface area (Å²) in [7, 11) is 0. The number of halogens is 1. The van der Waals surface area contributed by atoms with Crippen LogP contribution >= 0.6 is 0 Å². The predicted octanol–water partition coefficient (Wildman–Crippen LogP) is 4.71. The second-order valence-electron chi connectivity index (χ2n) is 7.99. The molecule has 0 aliphatic heterocycles. The predicted molar refractivity (Wildman–Crippen MR) is 119 cm³/mol. The van der Waals surface area contributed by atoms with Crippen LogP contribution in [0.3, 0.4) is 0 Å². The summed E-state index contributed by atoms with van der Waals surface area (Å²) in [4.78, 5) is 27.9. The third-order valence-corrected chi connectivity index (χ3v) is 5.58. The Morgan fingerprint density at radius 1 is 0.967 bits per heavy atom. The lowest BCUT2D eigenvalue weighted by Gasteiger charge is -2.31. The first-order valence-corrected chi connectivity index (χ1v) is 10.7. The summed E-state index contributed by atoms with van der Waals surface area (Å²) >= 11 is 0. The lowest BCUT2D eigenvalue weighted by atomic mass is 10.0. The van der Waals surface area contributed by atoms with E-state index in [0.717, 1.165) is 23.1 Å².